The number of ether oxygens (including phenoxy) is 9. The molecule has 0 aliphatic rings. The lowest BCUT2D eigenvalue weighted by molar-refractivity contribution is 0.102. The molecule has 3 amide bonds. The molecule has 0 saturated heterocycles. The minimum Gasteiger partial charge on any atom is -0.493 e. The van der Waals surface area contributed by atoms with Gasteiger partial charge in [-0.15, -0.1) is 0 Å². The average Bonchev–Trinajstić information content (AvgIpc) is 3.15. The lowest BCUT2D eigenvalue weighted by atomic mass is 10.0. The number of rotatable bonds is 15. The number of anilines is 3. The van der Waals surface area contributed by atoms with Gasteiger partial charge in [0.05, 0.1) is 64.0 Å². The summed E-state index contributed by atoms with van der Waals surface area (Å²) in [6.07, 6.45) is 0. The van der Waals surface area contributed by atoms with E-state index in [1.807, 2.05) is 0 Å². The van der Waals surface area contributed by atoms with Gasteiger partial charge in [0.25, 0.3) is 17.7 Å². The Kier molecular flexibility index (Phi) is 12.2. The number of nitrogens with one attached hydrogen (secondary N) is 3. The largest absolute Gasteiger partial charge is 0.493 e. The molecule has 3 N–H and O–H groups in total. The Morgan fingerprint density at radius 2 is 0.529 bits per heavy atom. The zero-order valence-electron chi connectivity index (χ0n) is 29.6. The summed E-state index contributed by atoms with van der Waals surface area (Å²) < 4.78 is 48.5. The maximum Gasteiger partial charge on any atom is 0.255 e. The van der Waals surface area contributed by atoms with Gasteiger partial charge in [0, 0.05) is 70.2 Å². The highest BCUT2D eigenvalue weighted by atomic mass is 16.5. The number of amides is 3. The van der Waals surface area contributed by atoms with Crippen molar-refractivity contribution in [2.45, 2.75) is 0 Å². The zero-order chi connectivity index (χ0) is 37.2. The fraction of sp³-hybridized carbons (Fsp3) is 0.250. The molecule has 51 heavy (non-hydrogen) atoms. The summed E-state index contributed by atoms with van der Waals surface area (Å²) in [5, 5.41) is 8.29. The lowest BCUT2D eigenvalue weighted by Crippen LogP contribution is -2.19. The highest BCUT2D eigenvalue weighted by molar-refractivity contribution is 6.13. The summed E-state index contributed by atoms with van der Waals surface area (Å²) in [6, 6.07) is 13.3. The fourth-order valence-corrected chi connectivity index (χ4v) is 5.09. The Morgan fingerprint density at radius 1 is 0.333 bits per heavy atom. The van der Waals surface area contributed by atoms with E-state index in [-0.39, 0.29) is 16.7 Å². The van der Waals surface area contributed by atoms with Gasteiger partial charge in [-0.1, -0.05) is 0 Å². The average molecular weight is 706 g/mol. The van der Waals surface area contributed by atoms with Crippen LogP contribution < -0.4 is 58.6 Å². The van der Waals surface area contributed by atoms with Crippen molar-refractivity contribution >= 4 is 34.8 Å². The van der Waals surface area contributed by atoms with Crippen LogP contribution in [0.3, 0.4) is 0 Å². The molecule has 0 radical (unpaired) electrons. The zero-order valence-corrected chi connectivity index (χ0v) is 29.6. The summed E-state index contributed by atoms with van der Waals surface area (Å²) in [7, 11) is 13.0. The summed E-state index contributed by atoms with van der Waals surface area (Å²) in [4.78, 5) is 41.2. The molecule has 0 heterocycles. The first-order valence-electron chi connectivity index (χ1n) is 15.1. The lowest BCUT2D eigenvalue weighted by Gasteiger charge is -2.16. The predicted molar refractivity (Wildman–Crippen MR) is 189 cm³/mol. The summed E-state index contributed by atoms with van der Waals surface area (Å²) in [6.45, 7) is 0. The molecule has 4 aromatic rings. The number of hydrogen-bond donors (Lipinski definition) is 3. The Bertz CT molecular complexity index is 1620. The van der Waals surface area contributed by atoms with Gasteiger partial charge in [0.2, 0.25) is 17.2 Å². The maximum atomic E-state index is 13.7. The molecule has 270 valence electrons. The van der Waals surface area contributed by atoms with Crippen LogP contribution in [0.15, 0.2) is 54.6 Å². The van der Waals surface area contributed by atoms with Crippen LogP contribution in [0.5, 0.6) is 51.7 Å². The van der Waals surface area contributed by atoms with E-state index in [4.69, 9.17) is 42.6 Å². The van der Waals surface area contributed by atoms with Gasteiger partial charge in [0.1, 0.15) is 0 Å². The molecule has 4 rings (SSSR count). The van der Waals surface area contributed by atoms with E-state index in [0.29, 0.717) is 68.8 Å². The monoisotopic (exact) mass is 705 g/mol. The molecule has 0 spiro atoms. The SMILES string of the molecule is COc1cc(NC(=O)c2cc(C(=O)Nc3cc(OC)c(OC)c(OC)c3)cc(C(=O)Nc3cc(OC)c(OC)c(OC)c3)c2)cc(OC)c1OC. The maximum absolute atomic E-state index is 13.7. The molecule has 0 aliphatic heterocycles. The molecule has 0 fully saturated rings. The second kappa shape index (κ2) is 16.7. The summed E-state index contributed by atoms with van der Waals surface area (Å²) in [5.41, 5.74) is 0.838. The van der Waals surface area contributed by atoms with Crippen molar-refractivity contribution in [3.8, 4) is 51.7 Å². The third kappa shape index (κ3) is 8.21. The number of methoxy groups -OCH3 is 9. The van der Waals surface area contributed by atoms with E-state index >= 15 is 0 Å². The topological polar surface area (TPSA) is 170 Å². The van der Waals surface area contributed by atoms with Gasteiger partial charge >= 0.3 is 0 Å². The Morgan fingerprint density at radius 3 is 0.686 bits per heavy atom. The van der Waals surface area contributed by atoms with Crippen molar-refractivity contribution in [3.05, 3.63) is 71.3 Å². The van der Waals surface area contributed by atoms with Crippen LogP contribution in [-0.2, 0) is 0 Å². The number of carbonyl (C=O) groups excluding carboxylic acids is 3. The van der Waals surface area contributed by atoms with E-state index < -0.39 is 17.7 Å². The highest BCUT2D eigenvalue weighted by Crippen LogP contribution is 2.42. The van der Waals surface area contributed by atoms with Crippen molar-refractivity contribution in [1.82, 2.24) is 0 Å². The van der Waals surface area contributed by atoms with E-state index in [1.54, 1.807) is 36.4 Å². The van der Waals surface area contributed by atoms with E-state index in [0.717, 1.165) is 0 Å². The Hall–Kier alpha value is -6.51. The van der Waals surface area contributed by atoms with Crippen LogP contribution in [0, 0.1) is 0 Å². The van der Waals surface area contributed by atoms with Crippen molar-refractivity contribution in [2.24, 2.45) is 0 Å². The molecular weight excluding hydrogens is 666 g/mol. The van der Waals surface area contributed by atoms with Crippen molar-refractivity contribution in [1.29, 1.82) is 0 Å². The molecule has 0 aromatic heterocycles. The molecule has 0 saturated carbocycles. The summed E-state index contributed by atoms with van der Waals surface area (Å²) in [5.74, 6) is 0.861. The predicted octanol–water partition coefficient (Wildman–Crippen LogP) is 5.52. The van der Waals surface area contributed by atoms with Gasteiger partial charge in [0.15, 0.2) is 34.5 Å². The molecular formula is C36H39N3O12. The van der Waals surface area contributed by atoms with Crippen molar-refractivity contribution in [2.75, 3.05) is 79.9 Å². The van der Waals surface area contributed by atoms with Gasteiger partial charge in [-0.25, -0.2) is 0 Å². The van der Waals surface area contributed by atoms with Crippen LogP contribution in [0.25, 0.3) is 0 Å². The van der Waals surface area contributed by atoms with E-state index in [2.05, 4.69) is 16.0 Å². The molecule has 0 atom stereocenters. The third-order valence-electron chi connectivity index (χ3n) is 7.49. The van der Waals surface area contributed by atoms with Crippen molar-refractivity contribution in [3.63, 3.8) is 0 Å². The Balaban J connectivity index is 1.77. The normalized spacial score (nSPS) is 10.3. The van der Waals surface area contributed by atoms with Gasteiger partial charge in [-0.05, 0) is 18.2 Å². The Labute approximate surface area is 294 Å². The van der Waals surface area contributed by atoms with Gasteiger partial charge in [-0.2, -0.15) is 0 Å². The number of benzene rings is 4. The first kappa shape index (κ1) is 37.3. The minimum absolute atomic E-state index is 0.0173. The van der Waals surface area contributed by atoms with Crippen LogP contribution >= 0.6 is 0 Å². The molecule has 0 bridgehead atoms. The van der Waals surface area contributed by atoms with E-state index in [9.17, 15) is 14.4 Å². The van der Waals surface area contributed by atoms with Gasteiger partial charge in [-0.3, -0.25) is 14.4 Å². The van der Waals surface area contributed by atoms with Crippen LogP contribution in [0.1, 0.15) is 31.1 Å². The molecule has 0 aliphatic carbocycles. The minimum atomic E-state index is -0.645. The number of hydrogen-bond acceptors (Lipinski definition) is 12. The third-order valence-corrected chi connectivity index (χ3v) is 7.49. The van der Waals surface area contributed by atoms with Crippen LogP contribution in [-0.4, -0.2) is 81.7 Å². The number of carbonyl (C=O) groups is 3. The standard InChI is InChI=1S/C36H39N3O12/c1-43-25-13-22(14-26(44-2)31(25)49-7)37-34(40)19-10-20(35(41)38-23-15-27(45-3)32(50-8)28(16-23)46-4)12-21(11-19)36(42)39-24-17-29(47-5)33(51-9)30(18-24)48-6/h10-18H,1-9H3,(H,37,40)(H,38,41)(H,39,42). The van der Waals surface area contributed by atoms with Gasteiger partial charge < -0.3 is 58.6 Å². The molecule has 15 heteroatoms. The first-order chi connectivity index (χ1) is 24.6. The fourth-order valence-electron chi connectivity index (χ4n) is 5.09. The molecule has 15 nitrogen and oxygen atoms in total. The van der Waals surface area contributed by atoms with E-state index in [1.165, 1.54) is 82.2 Å². The summed E-state index contributed by atoms with van der Waals surface area (Å²) >= 11 is 0. The quantitative estimate of drug-likeness (QED) is 0.142. The van der Waals surface area contributed by atoms with Crippen LogP contribution in [0.2, 0.25) is 0 Å². The molecule has 4 aromatic carbocycles. The second-order valence-electron chi connectivity index (χ2n) is 10.4. The highest BCUT2D eigenvalue weighted by Gasteiger charge is 2.22. The molecule has 0 unspecified atom stereocenters. The van der Waals surface area contributed by atoms with Crippen LogP contribution in [0.4, 0.5) is 17.1 Å². The first-order valence-corrected chi connectivity index (χ1v) is 15.1. The second-order valence-corrected chi connectivity index (χ2v) is 10.4. The smallest absolute Gasteiger partial charge is 0.255 e. The van der Waals surface area contributed by atoms with Crippen molar-refractivity contribution < 1.29 is 57.0 Å².